The molecule has 3 aromatic rings. The van der Waals surface area contributed by atoms with Crippen LogP contribution in [0.3, 0.4) is 0 Å². The number of nitrogens with zero attached hydrogens (tertiary/aromatic N) is 2. The van der Waals surface area contributed by atoms with Crippen LogP contribution in [-0.2, 0) is 27.7 Å². The average Bonchev–Trinajstić information content (AvgIpc) is 2.92. The summed E-state index contributed by atoms with van der Waals surface area (Å²) in [5.41, 5.74) is 0.378. The number of halogens is 5. The zero-order chi connectivity index (χ0) is 30.7. The third-order valence-corrected chi connectivity index (χ3v) is 7.85. The predicted octanol–water partition coefficient (Wildman–Crippen LogP) is 8.63. The Kier molecular flexibility index (Phi) is 9.33. The summed E-state index contributed by atoms with van der Waals surface area (Å²) in [6, 6.07) is 16.5. The van der Waals surface area contributed by atoms with Crippen LogP contribution in [0.2, 0.25) is 0 Å². The van der Waals surface area contributed by atoms with Gasteiger partial charge in [-0.3, -0.25) is 0 Å². The Bertz CT molecular complexity index is 1470. The van der Waals surface area contributed by atoms with Crippen LogP contribution in [0.4, 0.5) is 22.4 Å². The van der Waals surface area contributed by atoms with E-state index in [-0.39, 0.29) is 13.2 Å². The summed E-state index contributed by atoms with van der Waals surface area (Å²) in [6.07, 6.45) is -4.02. The van der Waals surface area contributed by atoms with Gasteiger partial charge in [0.15, 0.2) is 0 Å². The smallest absolute Gasteiger partial charge is 0.416 e. The van der Waals surface area contributed by atoms with E-state index < -0.39 is 34.7 Å². The first-order valence-electron chi connectivity index (χ1n) is 13.4. The molecule has 222 valence electrons. The first-order chi connectivity index (χ1) is 19.7. The Hall–Kier alpha value is -3.42. The van der Waals surface area contributed by atoms with Crippen molar-refractivity contribution >= 4 is 22.0 Å². The summed E-state index contributed by atoms with van der Waals surface area (Å²) in [6.45, 7) is 6.17. The lowest BCUT2D eigenvalue weighted by Crippen LogP contribution is -2.48. The summed E-state index contributed by atoms with van der Waals surface area (Å²) in [7, 11) is 0. The van der Waals surface area contributed by atoms with Crippen molar-refractivity contribution < 1.29 is 31.8 Å². The van der Waals surface area contributed by atoms with Crippen molar-refractivity contribution in [3.63, 3.8) is 0 Å². The molecule has 1 saturated heterocycles. The van der Waals surface area contributed by atoms with Crippen molar-refractivity contribution in [3.8, 4) is 17.2 Å². The lowest BCUT2D eigenvalue weighted by Gasteiger charge is -2.42. The highest BCUT2D eigenvalue weighted by Crippen LogP contribution is 2.41. The minimum absolute atomic E-state index is 0.0937. The third kappa shape index (κ3) is 7.69. The number of amides is 1. The van der Waals surface area contributed by atoms with E-state index >= 15 is 0 Å². The zero-order valence-electron chi connectivity index (χ0n) is 23.5. The van der Waals surface area contributed by atoms with Gasteiger partial charge in [-0.1, -0.05) is 34.1 Å². The van der Waals surface area contributed by atoms with Gasteiger partial charge < -0.3 is 14.4 Å². The number of hydrogen-bond donors (Lipinski definition) is 0. The molecule has 0 aliphatic carbocycles. The van der Waals surface area contributed by atoms with Gasteiger partial charge in [0.2, 0.25) is 0 Å². The summed E-state index contributed by atoms with van der Waals surface area (Å²) in [5.74, 6) is -0.410. The Labute approximate surface area is 251 Å². The standard InChI is InChI=1S/C32H31BrF4N2O3/c1-30(2,3)42-29(40)39-12-10-31(11-13-39,27-9-8-26(34)17-28(27)33)20-41-19-22-14-24(16-25(15-22)32(35,36)37)23-6-4-21(18-38)5-7-23/h4-9,14-17H,10-13,19-20H2,1-3H3. The second-order valence-electron chi connectivity index (χ2n) is 11.5. The Balaban J connectivity index is 1.58. The van der Waals surface area contributed by atoms with E-state index in [0.717, 1.165) is 17.7 Å². The van der Waals surface area contributed by atoms with Gasteiger partial charge in [-0.05, 0) is 98.3 Å². The van der Waals surface area contributed by atoms with Crippen molar-refractivity contribution in [2.45, 2.75) is 57.4 Å². The molecule has 0 bridgehead atoms. The van der Waals surface area contributed by atoms with E-state index in [1.807, 2.05) is 6.07 Å². The molecule has 1 fully saturated rings. The molecule has 10 heteroatoms. The minimum Gasteiger partial charge on any atom is -0.444 e. The van der Waals surface area contributed by atoms with E-state index in [1.54, 1.807) is 62.1 Å². The molecule has 0 N–H and O–H groups in total. The number of likely N-dealkylation sites (tertiary alicyclic amines) is 1. The number of hydrogen-bond acceptors (Lipinski definition) is 4. The normalized spacial score (nSPS) is 15.3. The monoisotopic (exact) mass is 646 g/mol. The molecule has 3 aromatic carbocycles. The Morgan fingerprint density at radius 2 is 1.67 bits per heavy atom. The molecule has 0 spiro atoms. The molecule has 0 atom stereocenters. The predicted molar refractivity (Wildman–Crippen MR) is 154 cm³/mol. The van der Waals surface area contributed by atoms with Gasteiger partial charge in [-0.15, -0.1) is 0 Å². The van der Waals surface area contributed by atoms with E-state index in [4.69, 9.17) is 14.7 Å². The van der Waals surface area contributed by atoms with Gasteiger partial charge in [0, 0.05) is 23.0 Å². The van der Waals surface area contributed by atoms with Gasteiger partial charge in [0.25, 0.3) is 0 Å². The van der Waals surface area contributed by atoms with Gasteiger partial charge in [-0.25, -0.2) is 9.18 Å². The molecule has 1 heterocycles. The van der Waals surface area contributed by atoms with Crippen LogP contribution < -0.4 is 0 Å². The maximum absolute atomic E-state index is 14.0. The molecule has 0 aromatic heterocycles. The summed E-state index contributed by atoms with van der Waals surface area (Å²) >= 11 is 3.47. The number of benzene rings is 3. The molecule has 5 nitrogen and oxygen atoms in total. The second-order valence-corrected chi connectivity index (χ2v) is 12.3. The van der Waals surface area contributed by atoms with Crippen molar-refractivity contribution in [1.29, 1.82) is 5.26 Å². The highest BCUT2D eigenvalue weighted by atomic mass is 79.9. The topological polar surface area (TPSA) is 62.6 Å². The maximum atomic E-state index is 14.0. The number of carbonyl (C=O) groups is 1. The van der Waals surface area contributed by atoms with E-state index in [2.05, 4.69) is 15.9 Å². The largest absolute Gasteiger partial charge is 0.444 e. The molecule has 0 radical (unpaired) electrons. The van der Waals surface area contributed by atoms with Crippen molar-refractivity contribution in [2.24, 2.45) is 0 Å². The Morgan fingerprint density at radius 1 is 1.00 bits per heavy atom. The molecular weight excluding hydrogens is 616 g/mol. The molecule has 0 unspecified atom stereocenters. The summed E-state index contributed by atoms with van der Waals surface area (Å²) in [5, 5.41) is 9.06. The van der Waals surface area contributed by atoms with Crippen molar-refractivity contribution in [1.82, 2.24) is 4.90 Å². The highest BCUT2D eigenvalue weighted by molar-refractivity contribution is 9.10. The zero-order valence-corrected chi connectivity index (χ0v) is 25.1. The maximum Gasteiger partial charge on any atom is 0.416 e. The number of alkyl halides is 3. The lowest BCUT2D eigenvalue weighted by atomic mass is 9.73. The molecule has 42 heavy (non-hydrogen) atoms. The fraction of sp³-hybridized carbons (Fsp3) is 0.375. The van der Waals surface area contributed by atoms with Crippen LogP contribution in [0.5, 0.6) is 0 Å². The van der Waals surface area contributed by atoms with Gasteiger partial charge in [0.1, 0.15) is 11.4 Å². The van der Waals surface area contributed by atoms with Crippen LogP contribution in [0.25, 0.3) is 11.1 Å². The first-order valence-corrected chi connectivity index (χ1v) is 14.2. The fourth-order valence-corrected chi connectivity index (χ4v) is 5.83. The van der Waals surface area contributed by atoms with Crippen LogP contribution in [0.15, 0.2) is 65.1 Å². The van der Waals surface area contributed by atoms with Crippen molar-refractivity contribution in [2.75, 3.05) is 19.7 Å². The summed E-state index contributed by atoms with van der Waals surface area (Å²) in [4.78, 5) is 14.3. The lowest BCUT2D eigenvalue weighted by molar-refractivity contribution is -0.137. The third-order valence-electron chi connectivity index (χ3n) is 7.19. The minimum atomic E-state index is -4.56. The molecule has 1 aliphatic rings. The SMILES string of the molecule is CC(C)(C)OC(=O)N1CCC(COCc2cc(-c3ccc(C#N)cc3)cc(C(F)(F)F)c2)(c2ccc(F)cc2Br)CC1. The van der Waals surface area contributed by atoms with Gasteiger partial charge in [-0.2, -0.15) is 18.4 Å². The number of ether oxygens (including phenoxy) is 2. The average molecular weight is 648 g/mol. The van der Waals surface area contributed by atoms with Gasteiger partial charge in [0.05, 0.1) is 30.4 Å². The van der Waals surface area contributed by atoms with Gasteiger partial charge >= 0.3 is 12.3 Å². The second kappa shape index (κ2) is 12.4. The van der Waals surface area contributed by atoms with E-state index in [9.17, 15) is 22.4 Å². The molecule has 0 saturated carbocycles. The number of carbonyl (C=O) groups excluding carboxylic acids is 1. The van der Waals surface area contributed by atoms with Crippen LogP contribution in [-0.4, -0.2) is 36.3 Å². The summed E-state index contributed by atoms with van der Waals surface area (Å²) < 4.78 is 67.5. The fourth-order valence-electron chi connectivity index (χ4n) is 5.06. The Morgan fingerprint density at radius 3 is 2.24 bits per heavy atom. The van der Waals surface area contributed by atoms with E-state index in [1.165, 1.54) is 12.1 Å². The quantitative estimate of drug-likeness (QED) is 0.252. The molecule has 1 amide bonds. The van der Waals surface area contributed by atoms with Crippen LogP contribution in [0.1, 0.15) is 55.9 Å². The molecular formula is C32H31BrF4N2O3. The molecule has 1 aliphatic heterocycles. The number of rotatable bonds is 6. The first kappa shape index (κ1) is 31.5. The van der Waals surface area contributed by atoms with Crippen LogP contribution in [0, 0.1) is 17.1 Å². The number of nitriles is 1. The highest BCUT2D eigenvalue weighted by Gasteiger charge is 2.40. The van der Waals surface area contributed by atoms with E-state index in [0.29, 0.717) is 52.7 Å². The molecule has 4 rings (SSSR count). The number of piperidine rings is 1. The van der Waals surface area contributed by atoms with Crippen molar-refractivity contribution in [3.05, 3.63) is 93.2 Å². The van der Waals surface area contributed by atoms with Crippen LogP contribution >= 0.6 is 15.9 Å².